The van der Waals surface area contributed by atoms with Crippen LogP contribution in [0.2, 0.25) is 0 Å². The van der Waals surface area contributed by atoms with E-state index in [1.54, 1.807) is 12.1 Å². The van der Waals surface area contributed by atoms with Crippen LogP contribution in [-0.4, -0.2) is 49.6 Å². The topological polar surface area (TPSA) is 35.6 Å². The van der Waals surface area contributed by atoms with E-state index in [0.29, 0.717) is 12.6 Å². The molecule has 1 amide bonds. The van der Waals surface area contributed by atoms with Crippen molar-refractivity contribution in [2.45, 2.75) is 31.7 Å². The maximum Gasteiger partial charge on any atom is 0.254 e. The first-order chi connectivity index (χ1) is 13.7. The molecule has 1 saturated heterocycles. The largest absolute Gasteiger partial charge is 0.366 e. The lowest BCUT2D eigenvalue weighted by Crippen LogP contribution is -2.55. The van der Waals surface area contributed by atoms with Crippen LogP contribution in [0.5, 0.6) is 0 Å². The molecule has 0 aliphatic carbocycles. The minimum absolute atomic E-state index is 0.121. The monoisotopic (exact) mass is 381 g/mol. The molecule has 1 N–H and O–H groups in total. The number of benzene rings is 2. The number of carbonyl (C=O) groups is 1. The SMILES string of the molecule is O=C(NCCCCN1CCN2c3ccccc3CCC2C1)c1ccccc1F. The molecule has 1 unspecified atom stereocenters. The van der Waals surface area contributed by atoms with E-state index >= 15 is 0 Å². The van der Waals surface area contributed by atoms with Crippen molar-refractivity contribution in [1.29, 1.82) is 0 Å². The Bertz CT molecular complexity index is 825. The molecule has 28 heavy (non-hydrogen) atoms. The second-order valence-electron chi connectivity index (χ2n) is 7.76. The maximum atomic E-state index is 13.6. The standard InChI is InChI=1S/C23H28FN3O/c24-21-9-3-2-8-20(21)23(28)25-13-5-6-14-26-15-16-27-19(17-26)12-11-18-7-1-4-10-22(18)27/h1-4,7-10,19H,5-6,11-17H2,(H,25,28). The Balaban J connectivity index is 1.18. The Morgan fingerprint density at radius 1 is 1.07 bits per heavy atom. The number of anilines is 1. The zero-order valence-corrected chi connectivity index (χ0v) is 16.2. The zero-order valence-electron chi connectivity index (χ0n) is 16.2. The van der Waals surface area contributed by atoms with E-state index < -0.39 is 5.82 Å². The van der Waals surface area contributed by atoms with E-state index in [1.165, 1.54) is 36.2 Å². The van der Waals surface area contributed by atoms with Gasteiger partial charge in [0.1, 0.15) is 5.82 Å². The normalized spacial score (nSPS) is 19.0. The Labute approximate surface area is 166 Å². The molecule has 2 aromatic rings. The number of aryl methyl sites for hydroxylation is 1. The molecule has 0 bridgehead atoms. The number of hydrogen-bond donors (Lipinski definition) is 1. The van der Waals surface area contributed by atoms with Gasteiger partial charge in [0.25, 0.3) is 5.91 Å². The molecular formula is C23H28FN3O. The van der Waals surface area contributed by atoms with Crippen LogP contribution in [0.4, 0.5) is 10.1 Å². The summed E-state index contributed by atoms with van der Waals surface area (Å²) in [7, 11) is 0. The summed E-state index contributed by atoms with van der Waals surface area (Å²) in [4.78, 5) is 17.2. The molecule has 0 radical (unpaired) electrons. The lowest BCUT2D eigenvalue weighted by Gasteiger charge is -2.46. The van der Waals surface area contributed by atoms with Gasteiger partial charge in [0, 0.05) is 37.9 Å². The van der Waals surface area contributed by atoms with Gasteiger partial charge >= 0.3 is 0 Å². The Morgan fingerprint density at radius 3 is 2.79 bits per heavy atom. The first-order valence-electron chi connectivity index (χ1n) is 10.3. The Hall–Kier alpha value is -2.40. The molecule has 1 atom stereocenters. The van der Waals surface area contributed by atoms with Gasteiger partial charge in [0.15, 0.2) is 0 Å². The fourth-order valence-electron chi connectivity index (χ4n) is 4.41. The third kappa shape index (κ3) is 4.20. The third-order valence-electron chi connectivity index (χ3n) is 5.92. The Morgan fingerprint density at radius 2 is 1.89 bits per heavy atom. The first kappa shape index (κ1) is 18.9. The van der Waals surface area contributed by atoms with E-state index in [4.69, 9.17) is 0 Å². The summed E-state index contributed by atoms with van der Waals surface area (Å²) in [5.74, 6) is -0.792. The summed E-state index contributed by atoms with van der Waals surface area (Å²) in [5.41, 5.74) is 3.03. The summed E-state index contributed by atoms with van der Waals surface area (Å²) >= 11 is 0. The molecule has 2 aliphatic rings. The van der Waals surface area contributed by atoms with E-state index in [0.717, 1.165) is 39.0 Å². The van der Waals surface area contributed by atoms with Gasteiger partial charge in [-0.05, 0) is 56.0 Å². The minimum Gasteiger partial charge on any atom is -0.366 e. The molecule has 0 saturated carbocycles. The van der Waals surface area contributed by atoms with Crippen molar-refractivity contribution in [3.63, 3.8) is 0 Å². The van der Waals surface area contributed by atoms with Crippen LogP contribution >= 0.6 is 0 Å². The number of halogens is 1. The summed E-state index contributed by atoms with van der Waals surface area (Å²) in [5, 5.41) is 2.83. The predicted molar refractivity (Wildman–Crippen MR) is 110 cm³/mol. The van der Waals surface area contributed by atoms with E-state index in [2.05, 4.69) is 39.4 Å². The number of carbonyl (C=O) groups excluding carboxylic acids is 1. The van der Waals surface area contributed by atoms with E-state index in [-0.39, 0.29) is 11.5 Å². The van der Waals surface area contributed by atoms with Crippen molar-refractivity contribution in [3.8, 4) is 0 Å². The molecule has 2 aromatic carbocycles. The highest BCUT2D eigenvalue weighted by molar-refractivity contribution is 5.94. The molecule has 4 nitrogen and oxygen atoms in total. The number of rotatable bonds is 6. The van der Waals surface area contributed by atoms with Crippen LogP contribution in [0.15, 0.2) is 48.5 Å². The second kappa shape index (κ2) is 8.74. The highest BCUT2D eigenvalue weighted by atomic mass is 19.1. The Kier molecular flexibility index (Phi) is 5.91. The first-order valence-corrected chi connectivity index (χ1v) is 10.3. The number of nitrogens with zero attached hydrogens (tertiary/aromatic N) is 2. The summed E-state index contributed by atoms with van der Waals surface area (Å²) < 4.78 is 13.6. The quantitative estimate of drug-likeness (QED) is 0.779. The number of nitrogens with one attached hydrogen (secondary N) is 1. The molecule has 2 aliphatic heterocycles. The molecular weight excluding hydrogens is 353 g/mol. The number of amides is 1. The summed E-state index contributed by atoms with van der Waals surface area (Å²) in [6, 6.07) is 15.5. The average molecular weight is 381 g/mol. The highest BCUT2D eigenvalue weighted by Gasteiger charge is 2.30. The van der Waals surface area contributed by atoms with Gasteiger partial charge in [0.2, 0.25) is 0 Å². The molecule has 0 spiro atoms. The van der Waals surface area contributed by atoms with Gasteiger partial charge in [0.05, 0.1) is 5.56 Å². The van der Waals surface area contributed by atoms with E-state index in [1.807, 2.05) is 0 Å². The lowest BCUT2D eigenvalue weighted by atomic mass is 9.94. The van der Waals surface area contributed by atoms with Crippen molar-refractivity contribution in [1.82, 2.24) is 10.2 Å². The van der Waals surface area contributed by atoms with Crippen LogP contribution in [0.3, 0.4) is 0 Å². The van der Waals surface area contributed by atoms with Gasteiger partial charge < -0.3 is 10.2 Å². The van der Waals surface area contributed by atoms with Gasteiger partial charge in [-0.15, -0.1) is 0 Å². The molecule has 148 valence electrons. The van der Waals surface area contributed by atoms with Crippen molar-refractivity contribution >= 4 is 11.6 Å². The third-order valence-corrected chi connectivity index (χ3v) is 5.92. The fourth-order valence-corrected chi connectivity index (χ4v) is 4.41. The van der Waals surface area contributed by atoms with Crippen molar-refractivity contribution in [2.24, 2.45) is 0 Å². The van der Waals surface area contributed by atoms with E-state index in [9.17, 15) is 9.18 Å². The summed E-state index contributed by atoms with van der Waals surface area (Å²) in [6.45, 7) is 4.94. The molecule has 0 aromatic heterocycles. The van der Waals surface area contributed by atoms with Gasteiger partial charge in [-0.25, -0.2) is 4.39 Å². The molecule has 1 fully saturated rings. The van der Waals surface area contributed by atoms with Crippen molar-refractivity contribution < 1.29 is 9.18 Å². The average Bonchev–Trinajstić information content (AvgIpc) is 2.73. The van der Waals surface area contributed by atoms with Crippen molar-refractivity contribution in [3.05, 3.63) is 65.5 Å². The van der Waals surface area contributed by atoms with Crippen LogP contribution < -0.4 is 10.2 Å². The fraction of sp³-hybridized carbons (Fsp3) is 0.435. The smallest absolute Gasteiger partial charge is 0.254 e. The maximum absolute atomic E-state index is 13.6. The van der Waals surface area contributed by atoms with Crippen molar-refractivity contribution in [2.75, 3.05) is 37.6 Å². The van der Waals surface area contributed by atoms with Crippen LogP contribution in [-0.2, 0) is 6.42 Å². The van der Waals surface area contributed by atoms with Crippen LogP contribution in [0.1, 0.15) is 35.2 Å². The molecule has 4 rings (SSSR count). The van der Waals surface area contributed by atoms with Gasteiger partial charge in [-0.2, -0.15) is 0 Å². The van der Waals surface area contributed by atoms with Gasteiger partial charge in [-0.3, -0.25) is 9.69 Å². The number of unbranched alkanes of at least 4 members (excludes halogenated alkanes) is 1. The van der Waals surface area contributed by atoms with Gasteiger partial charge in [-0.1, -0.05) is 30.3 Å². The number of para-hydroxylation sites is 1. The number of piperazine rings is 1. The molecule has 2 heterocycles. The van der Waals surface area contributed by atoms with Crippen LogP contribution in [0, 0.1) is 5.82 Å². The zero-order chi connectivity index (χ0) is 19.3. The predicted octanol–water partition coefficient (Wildman–Crippen LogP) is 3.47. The lowest BCUT2D eigenvalue weighted by molar-refractivity contribution is 0.0948. The molecule has 5 heteroatoms. The van der Waals surface area contributed by atoms with Crippen LogP contribution in [0.25, 0.3) is 0 Å². The highest BCUT2D eigenvalue weighted by Crippen LogP contribution is 2.32. The second-order valence-corrected chi connectivity index (χ2v) is 7.76. The summed E-state index contributed by atoms with van der Waals surface area (Å²) in [6.07, 6.45) is 4.36. The number of fused-ring (bicyclic) bond motifs is 3. The minimum atomic E-state index is -0.466. The number of hydrogen-bond acceptors (Lipinski definition) is 3.